The van der Waals surface area contributed by atoms with Crippen LogP contribution in [0.1, 0.15) is 55.4 Å². The Bertz CT molecular complexity index is 1330. The van der Waals surface area contributed by atoms with Gasteiger partial charge in [0.05, 0.1) is 29.6 Å². The van der Waals surface area contributed by atoms with Crippen molar-refractivity contribution in [1.82, 2.24) is 24.5 Å². The highest BCUT2D eigenvalue weighted by atomic mass is 32.2. The number of nitrogens with one attached hydrogen (secondary N) is 3. The van der Waals surface area contributed by atoms with Gasteiger partial charge in [0.25, 0.3) is 5.91 Å². The van der Waals surface area contributed by atoms with Gasteiger partial charge in [-0.3, -0.25) is 14.6 Å². The molecule has 0 radical (unpaired) electrons. The average molecular weight is 539 g/mol. The first kappa shape index (κ1) is 24.9. The molecule has 3 fully saturated rings. The lowest BCUT2D eigenvalue weighted by molar-refractivity contribution is -0.131. The second-order valence-corrected chi connectivity index (χ2v) is 11.4. The van der Waals surface area contributed by atoms with Crippen LogP contribution in [-0.4, -0.2) is 66.6 Å². The molecule has 38 heavy (non-hydrogen) atoms. The number of pyridine rings is 1. The molecule has 0 atom stereocenters. The molecule has 3 aliphatic rings. The second-order valence-electron chi connectivity index (χ2n) is 10.3. The van der Waals surface area contributed by atoms with Crippen LogP contribution in [0.15, 0.2) is 30.7 Å². The van der Waals surface area contributed by atoms with E-state index in [-0.39, 0.29) is 23.3 Å². The van der Waals surface area contributed by atoms with Crippen molar-refractivity contribution >= 4 is 46.4 Å². The Balaban J connectivity index is 1.16. The predicted molar refractivity (Wildman–Crippen MR) is 145 cm³/mol. The number of imidazole rings is 1. The van der Waals surface area contributed by atoms with Crippen LogP contribution in [0.4, 0.5) is 21.6 Å². The minimum Gasteiger partial charge on any atom is -0.379 e. The lowest BCUT2D eigenvalue weighted by Gasteiger charge is -2.30. The van der Waals surface area contributed by atoms with Crippen molar-refractivity contribution < 1.29 is 14.0 Å². The summed E-state index contributed by atoms with van der Waals surface area (Å²) in [5, 5.41) is 14.3. The Hall–Kier alpha value is -3.41. The van der Waals surface area contributed by atoms with Gasteiger partial charge in [-0.15, -0.1) is 16.9 Å². The number of carbonyl (C=O) groups excluding carboxylic acids is 2. The maximum Gasteiger partial charge on any atom is 0.276 e. The second kappa shape index (κ2) is 10.8. The van der Waals surface area contributed by atoms with E-state index in [2.05, 4.69) is 25.9 Å². The summed E-state index contributed by atoms with van der Waals surface area (Å²) in [6, 6.07) is 3.97. The Morgan fingerprint density at radius 3 is 2.58 bits per heavy atom. The Morgan fingerprint density at radius 1 is 1.05 bits per heavy atom. The Kier molecular flexibility index (Phi) is 7.05. The molecule has 6 rings (SSSR count). The van der Waals surface area contributed by atoms with Crippen molar-refractivity contribution in [3.8, 4) is 0 Å². The van der Waals surface area contributed by atoms with E-state index >= 15 is 0 Å². The van der Waals surface area contributed by atoms with Gasteiger partial charge in [-0.2, -0.15) is 0 Å². The van der Waals surface area contributed by atoms with Gasteiger partial charge in [0.2, 0.25) is 5.91 Å². The maximum atomic E-state index is 14.1. The fourth-order valence-corrected chi connectivity index (χ4v) is 6.09. The quantitative estimate of drug-likeness (QED) is 0.394. The standard InChI is InChI=1S/C26H31FN8O2S/c27-19-13-28-8-7-20(19)32-26(37)22-14-29-25-21(30-17-5-6-17)12-23(33-35(22)25)31-18-3-1-16(2-4-18)11-24(36)34-9-10-38-15-34/h7-8,12-14,16-18,30H,1-6,9-11,15H2,(H,31,33)(H,28,32,37). The summed E-state index contributed by atoms with van der Waals surface area (Å²) in [7, 11) is 0. The molecular formula is C26H31FN8O2S. The molecule has 1 aliphatic heterocycles. The minimum absolute atomic E-state index is 0.0456. The lowest BCUT2D eigenvalue weighted by Crippen LogP contribution is -2.32. The number of anilines is 3. The van der Waals surface area contributed by atoms with Crippen LogP contribution in [0.3, 0.4) is 0 Å². The third kappa shape index (κ3) is 5.54. The predicted octanol–water partition coefficient (Wildman–Crippen LogP) is 3.98. The first-order valence-corrected chi connectivity index (χ1v) is 14.4. The number of aromatic nitrogens is 4. The molecule has 2 aliphatic carbocycles. The maximum absolute atomic E-state index is 14.1. The van der Waals surface area contributed by atoms with Crippen molar-refractivity contribution in [2.24, 2.45) is 5.92 Å². The van der Waals surface area contributed by atoms with Crippen molar-refractivity contribution in [3.05, 3.63) is 42.2 Å². The van der Waals surface area contributed by atoms with Crippen molar-refractivity contribution in [2.75, 3.05) is 34.1 Å². The molecule has 0 spiro atoms. The number of rotatable bonds is 8. The molecule has 12 heteroatoms. The SMILES string of the molecule is O=C(Nc1ccncc1F)c1cnc2c(NC3CC3)cc(NC3CCC(CC(=O)N4CCSC4)CC3)nn12. The number of carbonyl (C=O) groups is 2. The first-order chi connectivity index (χ1) is 18.5. The summed E-state index contributed by atoms with van der Waals surface area (Å²) in [6.07, 6.45) is 10.6. The zero-order valence-corrected chi connectivity index (χ0v) is 21.8. The first-order valence-electron chi connectivity index (χ1n) is 13.2. The normalized spacial score (nSPS) is 21.4. The summed E-state index contributed by atoms with van der Waals surface area (Å²) < 4.78 is 15.6. The van der Waals surface area contributed by atoms with Gasteiger partial charge in [0.15, 0.2) is 17.2 Å². The van der Waals surface area contributed by atoms with Gasteiger partial charge in [0, 0.05) is 43.1 Å². The van der Waals surface area contributed by atoms with E-state index in [0.717, 1.165) is 68.6 Å². The molecule has 3 aromatic heterocycles. The van der Waals surface area contributed by atoms with Crippen LogP contribution in [0.2, 0.25) is 0 Å². The van der Waals surface area contributed by atoms with E-state index in [1.807, 2.05) is 22.7 Å². The highest BCUT2D eigenvalue weighted by Gasteiger charge is 2.28. The van der Waals surface area contributed by atoms with Crippen LogP contribution < -0.4 is 16.0 Å². The number of hydrogen-bond donors (Lipinski definition) is 3. The molecule has 0 bridgehead atoms. The summed E-state index contributed by atoms with van der Waals surface area (Å²) in [5.41, 5.74) is 1.61. The van der Waals surface area contributed by atoms with E-state index in [9.17, 15) is 14.0 Å². The zero-order chi connectivity index (χ0) is 26.1. The number of fused-ring (bicyclic) bond motifs is 1. The van der Waals surface area contributed by atoms with Gasteiger partial charge in [-0.25, -0.2) is 13.9 Å². The summed E-state index contributed by atoms with van der Waals surface area (Å²) >= 11 is 1.82. The van der Waals surface area contributed by atoms with E-state index in [4.69, 9.17) is 5.10 Å². The molecule has 0 aromatic carbocycles. The molecule has 10 nitrogen and oxygen atoms in total. The zero-order valence-electron chi connectivity index (χ0n) is 21.0. The summed E-state index contributed by atoms with van der Waals surface area (Å²) in [6.45, 7) is 0.873. The smallest absolute Gasteiger partial charge is 0.276 e. The molecule has 200 valence electrons. The summed E-state index contributed by atoms with van der Waals surface area (Å²) in [4.78, 5) is 35.7. The van der Waals surface area contributed by atoms with Crippen molar-refractivity contribution in [2.45, 2.75) is 57.0 Å². The third-order valence-electron chi connectivity index (χ3n) is 7.43. The number of halogens is 1. The highest BCUT2D eigenvalue weighted by Crippen LogP contribution is 2.32. The lowest BCUT2D eigenvalue weighted by atomic mass is 9.84. The van der Waals surface area contributed by atoms with Gasteiger partial charge >= 0.3 is 0 Å². The van der Waals surface area contributed by atoms with Gasteiger partial charge < -0.3 is 20.9 Å². The number of hydrogen-bond acceptors (Lipinski definition) is 8. The van der Waals surface area contributed by atoms with Gasteiger partial charge in [-0.1, -0.05) is 0 Å². The molecule has 1 saturated heterocycles. The topological polar surface area (TPSA) is 117 Å². The molecule has 0 unspecified atom stereocenters. The van der Waals surface area contributed by atoms with Crippen LogP contribution in [0.25, 0.3) is 5.65 Å². The monoisotopic (exact) mass is 538 g/mol. The molecule has 2 amide bonds. The number of amides is 2. The molecular weight excluding hydrogens is 507 g/mol. The molecule has 3 aromatic rings. The van der Waals surface area contributed by atoms with E-state index in [1.54, 1.807) is 0 Å². The minimum atomic E-state index is -0.613. The van der Waals surface area contributed by atoms with Crippen LogP contribution >= 0.6 is 11.8 Å². The Labute approximate surface area is 224 Å². The fourth-order valence-electron chi connectivity index (χ4n) is 5.12. The fraction of sp³-hybridized carbons (Fsp3) is 0.500. The third-order valence-corrected chi connectivity index (χ3v) is 8.39. The van der Waals surface area contributed by atoms with Crippen LogP contribution in [0.5, 0.6) is 0 Å². The van der Waals surface area contributed by atoms with Crippen molar-refractivity contribution in [3.63, 3.8) is 0 Å². The van der Waals surface area contributed by atoms with E-state index in [1.165, 1.54) is 23.0 Å². The molecule has 3 N–H and O–H groups in total. The summed E-state index contributed by atoms with van der Waals surface area (Å²) in [5.74, 6) is 2.10. The van der Waals surface area contributed by atoms with E-state index < -0.39 is 11.7 Å². The van der Waals surface area contributed by atoms with Gasteiger partial charge in [0.1, 0.15) is 5.82 Å². The average Bonchev–Trinajstić information content (AvgIpc) is 3.37. The highest BCUT2D eigenvalue weighted by molar-refractivity contribution is 7.99. The molecule has 4 heterocycles. The van der Waals surface area contributed by atoms with E-state index in [0.29, 0.717) is 29.8 Å². The number of thioether (sulfide) groups is 1. The Morgan fingerprint density at radius 2 is 1.84 bits per heavy atom. The molecule has 2 saturated carbocycles. The van der Waals surface area contributed by atoms with Crippen LogP contribution in [-0.2, 0) is 4.79 Å². The largest absolute Gasteiger partial charge is 0.379 e. The van der Waals surface area contributed by atoms with Gasteiger partial charge in [-0.05, 0) is 50.5 Å². The number of nitrogens with zero attached hydrogens (tertiary/aromatic N) is 5. The van der Waals surface area contributed by atoms with Crippen molar-refractivity contribution in [1.29, 1.82) is 0 Å². The van der Waals surface area contributed by atoms with Crippen LogP contribution in [0, 0.1) is 11.7 Å².